The van der Waals surface area contributed by atoms with Crippen LogP contribution in [0.2, 0.25) is 0 Å². The van der Waals surface area contributed by atoms with Gasteiger partial charge in [-0.2, -0.15) is 0 Å². The predicted molar refractivity (Wildman–Crippen MR) is 101 cm³/mol. The lowest BCUT2D eigenvalue weighted by Crippen LogP contribution is -2.13. The number of para-hydroxylation sites is 1. The van der Waals surface area contributed by atoms with Crippen LogP contribution in [0.15, 0.2) is 48.5 Å². The van der Waals surface area contributed by atoms with E-state index < -0.39 is 5.97 Å². The molecule has 25 heavy (non-hydrogen) atoms. The van der Waals surface area contributed by atoms with Crippen LogP contribution in [0, 0.1) is 6.92 Å². The lowest BCUT2D eigenvalue weighted by atomic mass is 9.83. The number of carboxylic acids is 1. The van der Waals surface area contributed by atoms with Crippen molar-refractivity contribution in [3.05, 3.63) is 70.8 Å². The number of aromatic carboxylic acids is 1. The molecule has 0 unspecified atom stereocenters. The fourth-order valence-corrected chi connectivity index (χ4v) is 2.76. The highest BCUT2D eigenvalue weighted by Gasteiger charge is 2.15. The van der Waals surface area contributed by atoms with E-state index in [9.17, 15) is 9.59 Å². The number of nitrogens with one attached hydrogen (secondary N) is 1. The van der Waals surface area contributed by atoms with Crippen LogP contribution in [0.5, 0.6) is 0 Å². The molecule has 0 saturated heterocycles. The van der Waals surface area contributed by atoms with Crippen molar-refractivity contribution < 1.29 is 14.7 Å². The summed E-state index contributed by atoms with van der Waals surface area (Å²) in [6.07, 6.45) is 3.13. The Hall–Kier alpha value is -2.88. The quantitative estimate of drug-likeness (QED) is 0.799. The maximum atomic E-state index is 12.1. The summed E-state index contributed by atoms with van der Waals surface area (Å²) in [6.45, 7) is 8.55. The third-order valence-electron chi connectivity index (χ3n) is 3.90. The summed E-state index contributed by atoms with van der Waals surface area (Å²) in [5.41, 5.74) is 3.78. The lowest BCUT2D eigenvalue weighted by Gasteiger charge is -2.21. The van der Waals surface area contributed by atoms with Crippen LogP contribution < -0.4 is 5.32 Å². The lowest BCUT2D eigenvalue weighted by molar-refractivity contribution is -0.111. The summed E-state index contributed by atoms with van der Waals surface area (Å²) < 4.78 is 0. The Morgan fingerprint density at radius 1 is 1.08 bits per heavy atom. The first-order chi connectivity index (χ1) is 11.7. The zero-order chi connectivity index (χ0) is 18.6. The van der Waals surface area contributed by atoms with Crippen LogP contribution in [0.3, 0.4) is 0 Å². The summed E-state index contributed by atoms with van der Waals surface area (Å²) >= 11 is 0. The van der Waals surface area contributed by atoms with Crippen LogP contribution in [0.25, 0.3) is 6.08 Å². The fourth-order valence-electron chi connectivity index (χ4n) is 2.76. The monoisotopic (exact) mass is 337 g/mol. The molecule has 0 saturated carbocycles. The van der Waals surface area contributed by atoms with E-state index in [1.165, 1.54) is 23.3 Å². The van der Waals surface area contributed by atoms with E-state index in [4.69, 9.17) is 5.11 Å². The first kappa shape index (κ1) is 18.5. The standard InChI is InChI=1S/C21H23NO3/c1-14-13-15(9-11-17(14)21(2,3)4)10-12-19(23)22-18-8-6-5-7-16(18)20(24)25/h5-13H,1-4H3,(H,22,23)(H,24,25)/b12-10+. The molecule has 0 atom stereocenters. The van der Waals surface area contributed by atoms with Crippen molar-refractivity contribution in [2.24, 2.45) is 0 Å². The minimum atomic E-state index is -1.08. The number of aryl methyl sites for hydroxylation is 1. The molecule has 0 bridgehead atoms. The Kier molecular flexibility index (Phi) is 5.42. The number of carboxylic acid groups (broad SMARTS) is 1. The van der Waals surface area contributed by atoms with Crippen molar-refractivity contribution in [3.63, 3.8) is 0 Å². The highest BCUT2D eigenvalue weighted by molar-refractivity contribution is 6.06. The molecule has 0 fully saturated rings. The van der Waals surface area contributed by atoms with Gasteiger partial charge in [0.25, 0.3) is 0 Å². The van der Waals surface area contributed by atoms with Gasteiger partial charge in [-0.1, -0.05) is 51.1 Å². The Morgan fingerprint density at radius 3 is 2.36 bits per heavy atom. The topological polar surface area (TPSA) is 66.4 Å². The fraction of sp³-hybridized carbons (Fsp3) is 0.238. The van der Waals surface area contributed by atoms with Crippen LogP contribution in [0.1, 0.15) is 47.8 Å². The van der Waals surface area contributed by atoms with Gasteiger partial charge in [0.15, 0.2) is 0 Å². The van der Waals surface area contributed by atoms with Crippen molar-refractivity contribution in [2.75, 3.05) is 5.32 Å². The zero-order valence-corrected chi connectivity index (χ0v) is 15.0. The Bertz CT molecular complexity index is 829. The number of amides is 1. The first-order valence-electron chi connectivity index (χ1n) is 8.11. The summed E-state index contributed by atoms with van der Waals surface area (Å²) in [7, 11) is 0. The summed E-state index contributed by atoms with van der Waals surface area (Å²) in [5, 5.41) is 11.7. The third-order valence-corrected chi connectivity index (χ3v) is 3.90. The molecular weight excluding hydrogens is 314 g/mol. The SMILES string of the molecule is Cc1cc(/C=C/C(=O)Nc2ccccc2C(=O)O)ccc1C(C)(C)C. The van der Waals surface area contributed by atoms with Crippen LogP contribution in [0.4, 0.5) is 5.69 Å². The third kappa shape index (κ3) is 4.80. The van der Waals surface area contributed by atoms with Gasteiger partial charge in [0.1, 0.15) is 0 Å². The Morgan fingerprint density at radius 2 is 1.76 bits per heavy atom. The van der Waals surface area contributed by atoms with Gasteiger partial charge < -0.3 is 10.4 Å². The molecule has 0 spiro atoms. The average Bonchev–Trinajstić information content (AvgIpc) is 2.52. The van der Waals surface area contributed by atoms with E-state index in [2.05, 4.69) is 39.1 Å². The number of rotatable bonds is 4. The van der Waals surface area contributed by atoms with Gasteiger partial charge in [-0.3, -0.25) is 4.79 Å². The zero-order valence-electron chi connectivity index (χ0n) is 15.0. The van der Waals surface area contributed by atoms with Gasteiger partial charge in [-0.15, -0.1) is 0 Å². The van der Waals surface area contributed by atoms with E-state index in [1.54, 1.807) is 24.3 Å². The molecule has 2 aromatic carbocycles. The summed E-state index contributed by atoms with van der Waals surface area (Å²) in [4.78, 5) is 23.2. The predicted octanol–water partition coefficient (Wildman–Crippen LogP) is 4.64. The number of carbonyl (C=O) groups is 2. The molecule has 4 nitrogen and oxygen atoms in total. The van der Waals surface area contributed by atoms with Crippen molar-refractivity contribution in [2.45, 2.75) is 33.1 Å². The molecule has 2 N–H and O–H groups in total. The molecular formula is C21H23NO3. The number of carbonyl (C=O) groups excluding carboxylic acids is 1. The van der Waals surface area contributed by atoms with E-state index >= 15 is 0 Å². The van der Waals surface area contributed by atoms with Crippen LogP contribution in [-0.4, -0.2) is 17.0 Å². The minimum absolute atomic E-state index is 0.0645. The maximum absolute atomic E-state index is 12.1. The molecule has 1 amide bonds. The van der Waals surface area contributed by atoms with E-state index in [0.717, 1.165) is 5.56 Å². The van der Waals surface area contributed by atoms with Gasteiger partial charge >= 0.3 is 5.97 Å². The second-order valence-corrected chi connectivity index (χ2v) is 7.00. The Labute approximate surface area is 148 Å². The highest BCUT2D eigenvalue weighted by atomic mass is 16.4. The van der Waals surface area contributed by atoms with Gasteiger partial charge in [0.2, 0.25) is 5.91 Å². The molecule has 2 rings (SSSR count). The van der Waals surface area contributed by atoms with Crippen molar-refractivity contribution in [3.8, 4) is 0 Å². The van der Waals surface area contributed by atoms with Crippen LogP contribution in [-0.2, 0) is 10.2 Å². The summed E-state index contributed by atoms with van der Waals surface area (Å²) in [5.74, 6) is -1.44. The number of benzene rings is 2. The van der Waals surface area contributed by atoms with Crippen molar-refractivity contribution >= 4 is 23.6 Å². The van der Waals surface area contributed by atoms with Gasteiger partial charge in [-0.25, -0.2) is 4.79 Å². The molecule has 2 aromatic rings. The Balaban J connectivity index is 2.14. The van der Waals surface area contributed by atoms with Gasteiger partial charge in [0, 0.05) is 6.08 Å². The summed E-state index contributed by atoms with van der Waals surface area (Å²) in [6, 6.07) is 12.4. The number of hydrogen-bond donors (Lipinski definition) is 2. The van der Waals surface area contributed by atoms with Crippen molar-refractivity contribution in [1.29, 1.82) is 0 Å². The van der Waals surface area contributed by atoms with E-state index in [-0.39, 0.29) is 22.6 Å². The normalized spacial score (nSPS) is 11.5. The number of anilines is 1. The molecule has 0 radical (unpaired) electrons. The second kappa shape index (κ2) is 7.34. The van der Waals surface area contributed by atoms with Crippen LogP contribution >= 0.6 is 0 Å². The smallest absolute Gasteiger partial charge is 0.337 e. The average molecular weight is 337 g/mol. The van der Waals surface area contributed by atoms with Gasteiger partial charge in [-0.05, 0) is 47.2 Å². The first-order valence-corrected chi connectivity index (χ1v) is 8.11. The molecule has 0 aliphatic heterocycles. The van der Waals surface area contributed by atoms with E-state index in [0.29, 0.717) is 0 Å². The second-order valence-electron chi connectivity index (χ2n) is 7.00. The number of hydrogen-bond acceptors (Lipinski definition) is 2. The largest absolute Gasteiger partial charge is 0.478 e. The highest BCUT2D eigenvalue weighted by Crippen LogP contribution is 2.26. The van der Waals surface area contributed by atoms with Crippen molar-refractivity contribution in [1.82, 2.24) is 0 Å². The van der Waals surface area contributed by atoms with E-state index in [1.807, 2.05) is 12.1 Å². The molecule has 4 heteroatoms. The molecule has 0 aliphatic rings. The minimum Gasteiger partial charge on any atom is -0.478 e. The molecule has 130 valence electrons. The maximum Gasteiger partial charge on any atom is 0.337 e. The molecule has 0 heterocycles. The molecule has 0 aromatic heterocycles. The molecule has 0 aliphatic carbocycles. The van der Waals surface area contributed by atoms with Gasteiger partial charge in [0.05, 0.1) is 11.3 Å².